The first kappa shape index (κ1) is 114. The number of morpholine rings is 2. The summed E-state index contributed by atoms with van der Waals surface area (Å²) in [4.78, 5) is 43.3. The van der Waals surface area contributed by atoms with Crippen LogP contribution in [0.25, 0.3) is 0 Å². The topological polar surface area (TPSA) is 366 Å². The number of hydrogen-bond acceptors (Lipinski definition) is 31. The van der Waals surface area contributed by atoms with E-state index in [9.17, 15) is 88.7 Å². The SMILES string of the molecule is CN1CCN(Nc2nc(Nc3ccc(P(C)(C)=O)cc3)ncc2C(F)(F)F)CC1.CP(C)(=O)c1ccc(Nc2ncc(C(F)(F)F)c(NCCN3CCOCC3)n2)cc1.CP(C)(=O)c1ccc(Nc2ncc(C(F)(F)F)c(NN3CCOCC3)n2)cc1.CP(C)(=O)c1ccc(Nc2ncc(C(F)(F)F)c(Nc3cccc(Br)c3)n2)cc1.CP(C)(=O)c1ccc(Nc2ncc(C(F)(F)F)c(Nc3cccc(Cl)c3)n2)cc1. The molecule has 0 bridgehead atoms. The van der Waals surface area contributed by atoms with Gasteiger partial charge in [-0.15, -0.1) is 0 Å². The van der Waals surface area contributed by atoms with Crippen LogP contribution in [0.2, 0.25) is 5.02 Å². The van der Waals surface area contributed by atoms with E-state index < -0.39 is 100 Å². The van der Waals surface area contributed by atoms with Crippen LogP contribution in [-0.4, -0.2) is 235 Å². The van der Waals surface area contributed by atoms with Crippen molar-refractivity contribution >= 4 is 188 Å². The molecule has 12 aromatic rings. The number of hydrogen-bond donors (Lipinski definition) is 10. The summed E-state index contributed by atoms with van der Waals surface area (Å²) in [5.41, 5.74) is 4.43. The van der Waals surface area contributed by atoms with Gasteiger partial charge in [0.05, 0.1) is 26.4 Å². The Bertz CT molecular complexity index is 6450. The number of rotatable bonds is 27. The molecule has 3 aliphatic heterocycles. The number of benzene rings is 7. The lowest BCUT2D eigenvalue weighted by Crippen LogP contribution is -2.47. The first-order valence-corrected chi connectivity index (χ1v) is 58.2. The van der Waals surface area contributed by atoms with Gasteiger partial charge in [-0.1, -0.05) is 39.7 Å². The molecule has 0 radical (unpaired) electrons. The minimum absolute atomic E-state index is 0.000531. The van der Waals surface area contributed by atoms with Crippen molar-refractivity contribution < 1.29 is 98.2 Å². The molecular weight excluding hydrogens is 2110 g/mol. The molecule has 778 valence electrons. The number of likely N-dealkylation sites (N-methyl/N-ethyl adjacent to an activating group) is 1. The van der Waals surface area contributed by atoms with Crippen molar-refractivity contribution in [2.75, 3.05) is 219 Å². The largest absolute Gasteiger partial charge is 0.421 e. The number of aromatic nitrogens is 10. The average molecular weight is 2210 g/mol. The van der Waals surface area contributed by atoms with Crippen molar-refractivity contribution in [3.8, 4) is 0 Å². The Morgan fingerprint density at radius 3 is 0.876 bits per heavy atom. The summed E-state index contributed by atoms with van der Waals surface area (Å²) in [5.74, 6) is -1.57. The highest BCUT2D eigenvalue weighted by Gasteiger charge is 2.41. The third kappa shape index (κ3) is 35.7. The molecule has 0 saturated carbocycles. The fraction of sp³-hybridized carbons (Fsp3) is 0.326. The van der Waals surface area contributed by atoms with Crippen LogP contribution < -0.4 is 79.9 Å². The Morgan fingerprint density at radius 1 is 0.324 bits per heavy atom. The average Bonchev–Trinajstić information content (AvgIpc) is 0.811. The second-order valence-electron chi connectivity index (χ2n) is 34.6. The van der Waals surface area contributed by atoms with Gasteiger partial charge in [-0.25, -0.2) is 34.9 Å². The predicted octanol–water partition coefficient (Wildman–Crippen LogP) is 21.3. The zero-order valence-corrected chi connectivity index (χ0v) is 86.5. The minimum Gasteiger partial charge on any atom is -0.379 e. The van der Waals surface area contributed by atoms with E-state index in [-0.39, 0.29) is 53.0 Å². The Balaban J connectivity index is 0.000000173. The molecule has 53 heteroatoms. The predicted molar refractivity (Wildman–Crippen MR) is 546 cm³/mol. The van der Waals surface area contributed by atoms with Gasteiger partial charge in [0.2, 0.25) is 29.7 Å². The molecule has 0 aliphatic carbocycles. The first-order chi connectivity index (χ1) is 67.8. The minimum atomic E-state index is -4.63. The van der Waals surface area contributed by atoms with Crippen LogP contribution in [0.3, 0.4) is 0 Å². The number of alkyl halides is 15. The van der Waals surface area contributed by atoms with Gasteiger partial charge in [-0.3, -0.25) is 4.90 Å². The van der Waals surface area contributed by atoms with Gasteiger partial charge in [-0.05, 0) is 231 Å². The summed E-state index contributed by atoms with van der Waals surface area (Å²) in [6.07, 6.45) is -19.2. The first-order valence-electron chi connectivity index (χ1n) is 44.1. The summed E-state index contributed by atoms with van der Waals surface area (Å²) in [5, 5.41) is 29.8. The number of ether oxygens (including phenoxy) is 2. The van der Waals surface area contributed by atoms with Crippen molar-refractivity contribution in [2.45, 2.75) is 30.9 Å². The van der Waals surface area contributed by atoms with E-state index in [0.717, 1.165) is 51.0 Å². The highest BCUT2D eigenvalue weighted by atomic mass is 79.9. The lowest BCUT2D eigenvalue weighted by atomic mass is 10.2. The third-order valence-electron chi connectivity index (χ3n) is 21.2. The Labute approximate surface area is 839 Å². The standard InChI is InChI=1S/C19H17BrF3N4OP.C19H17ClF3N4OP.C19H25F3N5O2P.C18H24F3N6OP.C17H21F3N5O2P/c2*1-29(2,28)15-8-6-13(7-9-15)26-18-24-11-16(19(21,22)23)17(27-18)25-14-5-3-4-12(20)10-14;1-30(2,28)15-5-3-14(4-6-15)25-18-24-13-16(19(20,21)22)17(26-18)23-7-8-27-9-11-29-12-10-27;1-26-8-10-27(11-9-26)25-16-15(18(19,20)21)12-22-17(24-16)23-13-4-6-14(7-5-13)29(2,3)28;1-28(2,26)13-5-3-12(4-6-13)22-16-21-11-14(17(18,19)20)15(23-16)24-25-7-9-27-10-8-25/h2*3-11H,1-2H3,(H2,24,25,26,27);3-6,13H,7-12H2,1-2H3,(H2,23,24,25,26);4-7,12H,8-11H2,1-3H3,(H2,22,23,24,25);3-6,11H,7-10H2,1-2H3,(H2,21,22,23,24). The molecular formula is C92H104BrClF15N24O7P5. The van der Waals surface area contributed by atoms with Crippen LogP contribution >= 0.6 is 63.2 Å². The zero-order valence-electron chi connectivity index (χ0n) is 79.7. The molecule has 0 spiro atoms. The molecule has 8 heterocycles. The fourth-order valence-corrected chi connectivity index (χ4v) is 18.3. The number of nitrogens with zero attached hydrogens (tertiary/aromatic N) is 14. The van der Waals surface area contributed by atoms with Crippen LogP contribution in [0.1, 0.15) is 27.8 Å². The number of nitrogens with one attached hydrogen (secondary N) is 10. The second kappa shape index (κ2) is 48.9. The van der Waals surface area contributed by atoms with Crippen molar-refractivity contribution in [2.24, 2.45) is 0 Å². The molecule has 0 amide bonds. The number of hydrazine groups is 2. The molecule has 10 N–H and O–H groups in total. The quantitative estimate of drug-likeness (QED) is 0.0169. The summed E-state index contributed by atoms with van der Waals surface area (Å²) in [6.45, 7) is 24.7. The summed E-state index contributed by atoms with van der Waals surface area (Å²) < 4.78 is 272. The Morgan fingerprint density at radius 2 is 0.586 bits per heavy atom. The van der Waals surface area contributed by atoms with Gasteiger partial charge in [0.25, 0.3) is 0 Å². The summed E-state index contributed by atoms with van der Waals surface area (Å²) >= 11 is 9.18. The molecule has 3 fully saturated rings. The number of piperazine rings is 1. The van der Waals surface area contributed by atoms with E-state index in [1.807, 2.05) is 7.05 Å². The van der Waals surface area contributed by atoms with Crippen molar-refractivity contribution in [3.05, 3.63) is 238 Å². The lowest BCUT2D eigenvalue weighted by Gasteiger charge is -2.33. The van der Waals surface area contributed by atoms with E-state index >= 15 is 0 Å². The number of anilines is 17. The smallest absolute Gasteiger partial charge is 0.379 e. The molecule has 3 saturated heterocycles. The van der Waals surface area contributed by atoms with Gasteiger partial charge in [0.15, 0.2) is 11.6 Å². The third-order valence-corrected chi connectivity index (χ3v) is 29.7. The molecule has 5 aromatic heterocycles. The lowest BCUT2D eigenvalue weighted by molar-refractivity contribution is -0.138. The summed E-state index contributed by atoms with van der Waals surface area (Å²) in [7, 11) is -9.98. The van der Waals surface area contributed by atoms with Crippen molar-refractivity contribution in [1.29, 1.82) is 0 Å². The Kier molecular flexibility index (Phi) is 38.4. The zero-order chi connectivity index (χ0) is 106. The van der Waals surface area contributed by atoms with E-state index in [1.165, 1.54) is 6.07 Å². The molecule has 31 nitrogen and oxygen atoms in total. The summed E-state index contributed by atoms with van der Waals surface area (Å²) in [6, 6.07) is 46.9. The maximum Gasteiger partial charge on any atom is 0.421 e. The second-order valence-corrected chi connectivity index (χ2v) is 52.1. The van der Waals surface area contributed by atoms with E-state index in [0.29, 0.717) is 148 Å². The van der Waals surface area contributed by atoms with Crippen molar-refractivity contribution in [3.63, 3.8) is 0 Å². The monoisotopic (exact) mass is 2210 g/mol. The van der Waals surface area contributed by atoms with Crippen molar-refractivity contribution in [1.82, 2.24) is 69.7 Å². The van der Waals surface area contributed by atoms with Crippen LogP contribution in [0.15, 0.2) is 205 Å². The van der Waals surface area contributed by atoms with Gasteiger partial charge >= 0.3 is 30.9 Å². The number of halogens is 17. The molecule has 7 aromatic carbocycles. The van der Waals surface area contributed by atoms with E-state index in [1.54, 1.807) is 240 Å². The molecule has 3 aliphatic rings. The Hall–Kier alpha value is -11.4. The maximum absolute atomic E-state index is 13.4. The maximum atomic E-state index is 13.4. The molecule has 145 heavy (non-hydrogen) atoms. The van der Waals surface area contributed by atoms with Crippen LogP contribution in [-0.2, 0) is 63.2 Å². The van der Waals surface area contributed by atoms with Crippen LogP contribution in [0.5, 0.6) is 0 Å². The van der Waals surface area contributed by atoms with Crippen LogP contribution in [0, 0.1) is 0 Å². The normalized spacial score (nSPS) is 14.5. The van der Waals surface area contributed by atoms with Gasteiger partial charge in [0.1, 0.15) is 81.0 Å². The molecule has 0 unspecified atom stereocenters. The highest BCUT2D eigenvalue weighted by molar-refractivity contribution is 9.10. The molecule has 15 rings (SSSR count). The van der Waals surface area contributed by atoms with Crippen LogP contribution in [0.4, 0.5) is 164 Å². The fourth-order valence-electron chi connectivity index (χ4n) is 13.4. The van der Waals surface area contributed by atoms with Gasteiger partial charge in [0, 0.05) is 172 Å². The highest BCUT2D eigenvalue weighted by Crippen LogP contribution is 2.44. The molecule has 0 atom stereocenters. The van der Waals surface area contributed by atoms with E-state index in [2.05, 4.69) is 129 Å². The van der Waals surface area contributed by atoms with Gasteiger partial charge < -0.3 is 90.6 Å². The van der Waals surface area contributed by atoms with E-state index in [4.69, 9.17) is 21.1 Å². The van der Waals surface area contributed by atoms with Gasteiger partial charge in [-0.2, -0.15) is 90.8 Å².